The van der Waals surface area contributed by atoms with Gasteiger partial charge in [0.05, 0.1) is 17.3 Å². The summed E-state index contributed by atoms with van der Waals surface area (Å²) in [5, 5.41) is 2.18. The van der Waals surface area contributed by atoms with Crippen molar-refractivity contribution in [2.24, 2.45) is 4.99 Å². The summed E-state index contributed by atoms with van der Waals surface area (Å²) < 4.78 is 17.7. The number of hydrogen-bond donors (Lipinski definition) is 0. The molecule has 0 aromatic heterocycles. The Kier molecular flexibility index (Phi) is 6.56. The molecular weight excluding hydrogens is 505 g/mol. The van der Waals surface area contributed by atoms with Crippen molar-refractivity contribution in [2.45, 2.75) is 19.8 Å². The van der Waals surface area contributed by atoms with E-state index < -0.39 is 5.97 Å². The molecule has 31 heavy (non-hydrogen) atoms. The van der Waals surface area contributed by atoms with Crippen LogP contribution in [0.1, 0.15) is 30.9 Å². The summed E-state index contributed by atoms with van der Waals surface area (Å²) in [4.78, 5) is 16.9. The van der Waals surface area contributed by atoms with E-state index in [2.05, 4.69) is 34.5 Å². The van der Waals surface area contributed by atoms with E-state index in [1.54, 1.807) is 13.2 Å². The molecule has 158 valence electrons. The number of ether oxygens (including phenoxy) is 3. The van der Waals surface area contributed by atoms with Crippen LogP contribution in [0.3, 0.4) is 0 Å². The van der Waals surface area contributed by atoms with Crippen LogP contribution in [0.2, 0.25) is 0 Å². The number of nitrogens with zero attached hydrogens (tertiary/aromatic N) is 1. The van der Waals surface area contributed by atoms with Gasteiger partial charge in [0.1, 0.15) is 0 Å². The van der Waals surface area contributed by atoms with Gasteiger partial charge >= 0.3 is 5.97 Å². The monoisotopic (exact) mass is 527 g/mol. The second-order valence-corrected chi connectivity index (χ2v) is 8.30. The van der Waals surface area contributed by atoms with Crippen molar-refractivity contribution in [3.05, 3.63) is 75.0 Å². The van der Waals surface area contributed by atoms with Crippen molar-refractivity contribution in [3.63, 3.8) is 0 Å². The lowest BCUT2D eigenvalue weighted by atomic mass is 10.1. The number of rotatable bonds is 7. The normalized spacial score (nSPS) is 14.6. The van der Waals surface area contributed by atoms with Gasteiger partial charge in [0.25, 0.3) is 0 Å². The van der Waals surface area contributed by atoms with E-state index in [0.717, 1.165) is 38.3 Å². The number of hydrogen-bond acceptors (Lipinski definition) is 5. The summed E-state index contributed by atoms with van der Waals surface area (Å²) in [6.07, 6.45) is 3.74. The van der Waals surface area contributed by atoms with E-state index in [0.29, 0.717) is 24.0 Å². The van der Waals surface area contributed by atoms with Crippen molar-refractivity contribution >= 4 is 51.3 Å². The largest absolute Gasteiger partial charge is 0.493 e. The van der Waals surface area contributed by atoms with E-state index >= 15 is 0 Å². The van der Waals surface area contributed by atoms with E-state index in [-0.39, 0.29) is 5.70 Å². The van der Waals surface area contributed by atoms with Crippen molar-refractivity contribution in [2.75, 3.05) is 13.7 Å². The highest BCUT2D eigenvalue weighted by Crippen LogP contribution is 2.35. The van der Waals surface area contributed by atoms with E-state index in [4.69, 9.17) is 14.2 Å². The summed E-state index contributed by atoms with van der Waals surface area (Å²) in [6.45, 7) is 2.75. The lowest BCUT2D eigenvalue weighted by Crippen LogP contribution is -2.05. The Morgan fingerprint density at radius 3 is 2.68 bits per heavy atom. The molecule has 1 aliphatic heterocycles. The molecule has 0 aliphatic carbocycles. The van der Waals surface area contributed by atoms with Gasteiger partial charge in [-0.25, -0.2) is 9.79 Å². The number of esters is 1. The molecule has 0 radical (unpaired) electrons. The molecule has 0 saturated carbocycles. The van der Waals surface area contributed by atoms with Crippen LogP contribution in [0.15, 0.2) is 65.3 Å². The summed E-state index contributed by atoms with van der Waals surface area (Å²) in [7, 11) is 1.61. The quantitative estimate of drug-likeness (QED) is 0.164. The third kappa shape index (κ3) is 4.74. The average molecular weight is 527 g/mol. The van der Waals surface area contributed by atoms with Gasteiger partial charge in [-0.05, 0) is 75.7 Å². The number of unbranched alkanes of at least 4 members (excludes halogenated alkanes) is 1. The van der Waals surface area contributed by atoms with Crippen LogP contribution in [0, 0.1) is 3.57 Å². The number of aliphatic imine (C=N–C) groups is 1. The highest BCUT2D eigenvalue weighted by molar-refractivity contribution is 14.1. The Morgan fingerprint density at radius 2 is 1.90 bits per heavy atom. The van der Waals surface area contributed by atoms with Gasteiger partial charge in [-0.2, -0.15) is 0 Å². The van der Waals surface area contributed by atoms with Gasteiger partial charge < -0.3 is 14.2 Å². The molecule has 3 aromatic rings. The molecule has 0 fully saturated rings. The first-order chi connectivity index (χ1) is 15.1. The van der Waals surface area contributed by atoms with Crippen LogP contribution in [0.5, 0.6) is 11.5 Å². The Balaban J connectivity index is 1.64. The Bertz CT molecular complexity index is 1200. The van der Waals surface area contributed by atoms with Gasteiger partial charge in [-0.1, -0.05) is 43.7 Å². The smallest absolute Gasteiger partial charge is 0.363 e. The van der Waals surface area contributed by atoms with Crippen molar-refractivity contribution in [1.29, 1.82) is 0 Å². The summed E-state index contributed by atoms with van der Waals surface area (Å²) in [5.41, 5.74) is 1.81. The third-order valence-electron chi connectivity index (χ3n) is 4.92. The maximum atomic E-state index is 12.4. The summed E-state index contributed by atoms with van der Waals surface area (Å²) in [6, 6.07) is 17.7. The van der Waals surface area contributed by atoms with Crippen molar-refractivity contribution < 1.29 is 19.0 Å². The minimum atomic E-state index is -0.472. The number of fused-ring (bicyclic) bond motifs is 1. The fourth-order valence-corrected chi connectivity index (χ4v) is 4.08. The molecule has 0 spiro atoms. The van der Waals surface area contributed by atoms with Crippen LogP contribution in [0.25, 0.3) is 16.8 Å². The number of carbonyl (C=O) groups excluding carboxylic acids is 1. The fourth-order valence-electron chi connectivity index (χ4n) is 3.29. The zero-order valence-electron chi connectivity index (χ0n) is 17.4. The number of methoxy groups -OCH3 is 1. The van der Waals surface area contributed by atoms with Gasteiger partial charge in [0.2, 0.25) is 5.90 Å². The standard InChI is InChI=1S/C25H22INO4/c1-3-4-11-30-23-20(26)12-16(14-22(23)29-2)13-21-25(28)31-24(27-21)19-10-9-17-7-5-6-8-18(17)15-19/h5-10,12-15H,3-4,11H2,1-2H3. The molecule has 0 atom stereocenters. The third-order valence-corrected chi connectivity index (χ3v) is 5.72. The minimum absolute atomic E-state index is 0.251. The predicted octanol–water partition coefficient (Wildman–Crippen LogP) is 5.98. The lowest BCUT2D eigenvalue weighted by molar-refractivity contribution is -0.129. The van der Waals surface area contributed by atoms with Crippen LogP contribution in [0.4, 0.5) is 0 Å². The zero-order valence-corrected chi connectivity index (χ0v) is 19.5. The number of cyclic esters (lactones) is 1. The first-order valence-corrected chi connectivity index (χ1v) is 11.2. The average Bonchev–Trinajstić information content (AvgIpc) is 3.14. The van der Waals surface area contributed by atoms with E-state index in [1.165, 1.54) is 0 Å². The van der Waals surface area contributed by atoms with Gasteiger partial charge in [0, 0.05) is 5.56 Å². The van der Waals surface area contributed by atoms with E-state index in [9.17, 15) is 4.79 Å². The molecule has 5 nitrogen and oxygen atoms in total. The van der Waals surface area contributed by atoms with Crippen LogP contribution in [-0.2, 0) is 9.53 Å². The summed E-state index contributed by atoms with van der Waals surface area (Å²) in [5.74, 6) is 1.18. The lowest BCUT2D eigenvalue weighted by Gasteiger charge is -2.13. The molecule has 3 aromatic carbocycles. The number of halogens is 1. The maximum absolute atomic E-state index is 12.4. The SMILES string of the molecule is CCCCOc1c(I)cc(C=C2N=C(c3ccc4ccccc4c3)OC2=O)cc1OC. The molecular formula is C25H22INO4. The molecule has 0 N–H and O–H groups in total. The maximum Gasteiger partial charge on any atom is 0.363 e. The molecule has 0 bridgehead atoms. The minimum Gasteiger partial charge on any atom is -0.493 e. The Labute approximate surface area is 194 Å². The van der Waals surface area contributed by atoms with Crippen LogP contribution in [-0.4, -0.2) is 25.6 Å². The van der Waals surface area contributed by atoms with Crippen molar-refractivity contribution in [1.82, 2.24) is 0 Å². The second kappa shape index (κ2) is 9.51. The first kappa shape index (κ1) is 21.4. The zero-order chi connectivity index (χ0) is 21.8. The fraction of sp³-hybridized carbons (Fsp3) is 0.200. The van der Waals surface area contributed by atoms with Crippen molar-refractivity contribution in [3.8, 4) is 11.5 Å². The molecule has 6 heteroatoms. The van der Waals surface area contributed by atoms with E-state index in [1.807, 2.05) is 54.6 Å². The van der Waals surface area contributed by atoms with Crippen LogP contribution >= 0.6 is 22.6 Å². The van der Waals surface area contributed by atoms with Gasteiger partial charge in [0.15, 0.2) is 17.2 Å². The summed E-state index contributed by atoms with van der Waals surface area (Å²) >= 11 is 2.21. The highest BCUT2D eigenvalue weighted by atomic mass is 127. The molecule has 1 heterocycles. The molecule has 4 rings (SSSR count). The van der Waals surface area contributed by atoms with Crippen LogP contribution < -0.4 is 9.47 Å². The Hall–Kier alpha value is -2.87. The number of benzene rings is 3. The first-order valence-electron chi connectivity index (χ1n) is 10.1. The Morgan fingerprint density at radius 1 is 1.10 bits per heavy atom. The molecule has 0 amide bonds. The van der Waals surface area contributed by atoms with Gasteiger partial charge in [-0.15, -0.1) is 0 Å². The number of carbonyl (C=O) groups is 1. The topological polar surface area (TPSA) is 57.1 Å². The molecule has 1 aliphatic rings. The van der Waals surface area contributed by atoms with Gasteiger partial charge in [-0.3, -0.25) is 0 Å². The highest BCUT2D eigenvalue weighted by Gasteiger charge is 2.24. The predicted molar refractivity (Wildman–Crippen MR) is 131 cm³/mol. The second-order valence-electron chi connectivity index (χ2n) is 7.13. The molecule has 0 saturated heterocycles. The molecule has 0 unspecified atom stereocenters.